The Bertz CT molecular complexity index is 709. The molecule has 2 saturated heterocycles. The molecule has 5 nitrogen and oxygen atoms in total. The topological polar surface area (TPSA) is 54.5 Å². The van der Waals surface area contributed by atoms with Crippen molar-refractivity contribution in [2.24, 2.45) is 11.8 Å². The molecule has 4 rings (SSSR count). The first-order chi connectivity index (χ1) is 11.8. The molecule has 2 fully saturated rings. The molecule has 1 aromatic carbocycles. The highest BCUT2D eigenvalue weighted by molar-refractivity contribution is 7.13. The fraction of sp³-hybridized carbons (Fsp3) is 0.444. The van der Waals surface area contributed by atoms with Crippen molar-refractivity contribution in [3.63, 3.8) is 0 Å². The van der Waals surface area contributed by atoms with Gasteiger partial charge in [0.05, 0.1) is 10.4 Å². The number of thiazole rings is 1. The van der Waals surface area contributed by atoms with Gasteiger partial charge in [-0.15, -0.1) is 23.7 Å². The number of amides is 1. The molecule has 0 aliphatic carbocycles. The average molecular weight is 380 g/mol. The van der Waals surface area contributed by atoms with Crippen LogP contribution in [0.1, 0.15) is 12.8 Å². The van der Waals surface area contributed by atoms with Crippen molar-refractivity contribution in [3.05, 3.63) is 35.8 Å². The average Bonchev–Trinajstić information content (AvgIpc) is 3.18. The largest absolute Gasteiger partial charge is 0.414 e. The predicted molar refractivity (Wildman–Crippen MR) is 101 cm³/mol. The van der Waals surface area contributed by atoms with Crippen molar-refractivity contribution in [1.82, 2.24) is 15.2 Å². The number of halogens is 1. The second-order valence-electron chi connectivity index (χ2n) is 6.55. The van der Waals surface area contributed by atoms with Crippen LogP contribution in [-0.2, 0) is 0 Å². The van der Waals surface area contributed by atoms with Gasteiger partial charge in [0, 0.05) is 19.6 Å². The van der Waals surface area contributed by atoms with E-state index in [1.165, 1.54) is 37.3 Å². The van der Waals surface area contributed by atoms with E-state index >= 15 is 0 Å². The summed E-state index contributed by atoms with van der Waals surface area (Å²) < 4.78 is 5.45. The maximum Gasteiger partial charge on any atom is 0.414 e. The number of ether oxygens (including phenoxy) is 1. The van der Waals surface area contributed by atoms with E-state index in [0.29, 0.717) is 18.3 Å². The van der Waals surface area contributed by atoms with Gasteiger partial charge in [0.1, 0.15) is 0 Å². The number of rotatable bonds is 4. The maximum atomic E-state index is 12.2. The van der Waals surface area contributed by atoms with E-state index in [1.54, 1.807) is 5.51 Å². The third-order valence-corrected chi connectivity index (χ3v) is 5.83. The number of carbonyl (C=O) groups is 1. The highest BCUT2D eigenvalue weighted by Crippen LogP contribution is 2.33. The monoisotopic (exact) mass is 379 g/mol. The van der Waals surface area contributed by atoms with Crippen LogP contribution in [0.25, 0.3) is 10.4 Å². The first-order valence-corrected chi connectivity index (χ1v) is 9.34. The molecule has 2 aliphatic rings. The molecule has 7 heteroatoms. The van der Waals surface area contributed by atoms with Gasteiger partial charge in [-0.1, -0.05) is 30.3 Å². The van der Waals surface area contributed by atoms with E-state index in [4.69, 9.17) is 4.74 Å². The molecule has 25 heavy (non-hydrogen) atoms. The molecule has 1 amide bonds. The van der Waals surface area contributed by atoms with Crippen LogP contribution in [-0.4, -0.2) is 42.2 Å². The maximum absolute atomic E-state index is 12.2. The van der Waals surface area contributed by atoms with Gasteiger partial charge < -0.3 is 15.0 Å². The van der Waals surface area contributed by atoms with Crippen molar-refractivity contribution in [2.75, 3.05) is 26.2 Å². The Morgan fingerprint density at radius 1 is 1.32 bits per heavy atom. The lowest BCUT2D eigenvalue weighted by Gasteiger charge is -2.22. The fourth-order valence-corrected chi connectivity index (χ4v) is 4.50. The van der Waals surface area contributed by atoms with Gasteiger partial charge in [-0.3, -0.25) is 0 Å². The highest BCUT2D eigenvalue weighted by Gasteiger charge is 2.35. The molecule has 0 saturated carbocycles. The summed E-state index contributed by atoms with van der Waals surface area (Å²) in [6.07, 6.45) is 2.15. The molecule has 3 unspecified atom stereocenters. The first kappa shape index (κ1) is 18.2. The summed E-state index contributed by atoms with van der Waals surface area (Å²) in [5, 5.41) is 2.93. The standard InChI is InChI=1S/C18H21N3O2S.ClH/c22-18(19-9-15-11-21-8-4-7-14(15)10-21)23-17-16(24-12-20-17)13-5-2-1-3-6-13;/h1-3,5-6,12,14-15H,4,7-11H2,(H,19,22);1H. The van der Waals surface area contributed by atoms with Gasteiger partial charge in [0.15, 0.2) is 0 Å². The van der Waals surface area contributed by atoms with Gasteiger partial charge in [0.2, 0.25) is 5.88 Å². The number of carbonyl (C=O) groups excluding carboxylic acids is 1. The van der Waals surface area contributed by atoms with Crippen molar-refractivity contribution >= 4 is 29.8 Å². The summed E-state index contributed by atoms with van der Waals surface area (Å²) in [5.74, 6) is 1.65. The zero-order valence-electron chi connectivity index (χ0n) is 13.9. The molecule has 0 radical (unpaired) electrons. The van der Waals surface area contributed by atoms with Gasteiger partial charge in [-0.05, 0) is 36.8 Å². The minimum atomic E-state index is -0.408. The number of nitrogens with one attached hydrogen (secondary N) is 1. The second-order valence-corrected chi connectivity index (χ2v) is 7.40. The minimum Gasteiger partial charge on any atom is -0.390 e. The molecule has 0 spiro atoms. The van der Waals surface area contributed by atoms with Crippen LogP contribution in [0, 0.1) is 11.8 Å². The highest BCUT2D eigenvalue weighted by atomic mass is 35.5. The van der Waals surface area contributed by atoms with Crippen LogP contribution in [0.3, 0.4) is 0 Å². The van der Waals surface area contributed by atoms with E-state index in [9.17, 15) is 4.79 Å². The summed E-state index contributed by atoms with van der Waals surface area (Å²) in [6.45, 7) is 4.17. The number of benzene rings is 1. The predicted octanol–water partition coefficient (Wildman–Crippen LogP) is 3.66. The van der Waals surface area contributed by atoms with Gasteiger partial charge in [-0.25, -0.2) is 9.78 Å². The summed E-state index contributed by atoms with van der Waals surface area (Å²) in [5.41, 5.74) is 2.72. The third-order valence-electron chi connectivity index (χ3n) is 4.97. The van der Waals surface area contributed by atoms with E-state index in [0.717, 1.165) is 22.9 Å². The SMILES string of the molecule is Cl.O=C(NCC1CN2CCCC1C2)Oc1ncsc1-c1ccccc1. The van der Waals surface area contributed by atoms with E-state index in [1.807, 2.05) is 30.3 Å². The molecule has 3 atom stereocenters. The van der Waals surface area contributed by atoms with Gasteiger partial charge >= 0.3 is 6.09 Å². The van der Waals surface area contributed by atoms with Crippen LogP contribution in [0.15, 0.2) is 35.8 Å². The Labute approximate surface area is 157 Å². The fourth-order valence-electron chi connectivity index (χ4n) is 3.78. The number of hydrogen-bond donors (Lipinski definition) is 1. The molecule has 2 bridgehead atoms. The number of nitrogens with zero attached hydrogens (tertiary/aromatic N) is 2. The Hall–Kier alpha value is -1.63. The van der Waals surface area contributed by atoms with E-state index in [2.05, 4.69) is 15.2 Å². The lowest BCUT2D eigenvalue weighted by atomic mass is 9.91. The summed E-state index contributed by atoms with van der Waals surface area (Å²) in [4.78, 5) is 19.7. The normalized spacial score (nSPS) is 24.4. The second kappa shape index (κ2) is 8.17. The third kappa shape index (κ3) is 4.14. The molecular formula is C18H22ClN3O2S. The van der Waals surface area contributed by atoms with Crippen LogP contribution >= 0.6 is 23.7 Å². The molecule has 2 aliphatic heterocycles. The lowest BCUT2D eigenvalue weighted by Crippen LogP contribution is -2.34. The van der Waals surface area contributed by atoms with Gasteiger partial charge in [-0.2, -0.15) is 0 Å². The molecule has 134 valence electrons. The van der Waals surface area contributed by atoms with E-state index in [-0.39, 0.29) is 12.4 Å². The smallest absolute Gasteiger partial charge is 0.390 e. The van der Waals surface area contributed by atoms with Crippen LogP contribution in [0.5, 0.6) is 5.88 Å². The van der Waals surface area contributed by atoms with Gasteiger partial charge in [0.25, 0.3) is 0 Å². The number of piperidine rings is 1. The molecule has 3 heterocycles. The van der Waals surface area contributed by atoms with Crippen LogP contribution < -0.4 is 10.1 Å². The molecule has 2 aromatic rings. The first-order valence-electron chi connectivity index (χ1n) is 8.46. The van der Waals surface area contributed by atoms with Crippen LogP contribution in [0.2, 0.25) is 0 Å². The Morgan fingerprint density at radius 2 is 2.16 bits per heavy atom. The zero-order chi connectivity index (χ0) is 16.4. The van der Waals surface area contributed by atoms with Crippen LogP contribution in [0.4, 0.5) is 4.79 Å². The Kier molecular flexibility index (Phi) is 5.93. The van der Waals surface area contributed by atoms with Crippen molar-refractivity contribution in [2.45, 2.75) is 12.8 Å². The van der Waals surface area contributed by atoms with Crippen molar-refractivity contribution in [3.8, 4) is 16.3 Å². The molecule has 1 N–H and O–H groups in total. The Balaban J connectivity index is 0.00000182. The number of fused-ring (bicyclic) bond motifs is 2. The molecular weight excluding hydrogens is 358 g/mol. The quantitative estimate of drug-likeness (QED) is 0.880. The Morgan fingerprint density at radius 3 is 2.96 bits per heavy atom. The number of aromatic nitrogens is 1. The minimum absolute atomic E-state index is 0. The zero-order valence-corrected chi connectivity index (χ0v) is 15.5. The molecule has 1 aromatic heterocycles. The van der Waals surface area contributed by atoms with Crippen molar-refractivity contribution in [1.29, 1.82) is 0 Å². The summed E-state index contributed by atoms with van der Waals surface area (Å²) >= 11 is 1.48. The number of hydrogen-bond acceptors (Lipinski definition) is 5. The summed E-state index contributed by atoms with van der Waals surface area (Å²) in [6, 6.07) is 9.88. The summed E-state index contributed by atoms with van der Waals surface area (Å²) in [7, 11) is 0. The van der Waals surface area contributed by atoms with Crippen molar-refractivity contribution < 1.29 is 9.53 Å². The van der Waals surface area contributed by atoms with E-state index < -0.39 is 6.09 Å². The lowest BCUT2D eigenvalue weighted by molar-refractivity contribution is 0.196.